The molecule has 30 heavy (non-hydrogen) atoms. The van der Waals surface area contributed by atoms with Crippen LogP contribution in [0, 0.1) is 6.92 Å². The molecule has 0 unspecified atom stereocenters. The highest BCUT2D eigenvalue weighted by Crippen LogP contribution is 2.63. The summed E-state index contributed by atoms with van der Waals surface area (Å²) >= 11 is 0. The maximum absolute atomic E-state index is 4.79. The van der Waals surface area contributed by atoms with Crippen molar-refractivity contribution >= 4 is 21.8 Å². The van der Waals surface area contributed by atoms with Crippen molar-refractivity contribution in [1.82, 2.24) is 0 Å². The Morgan fingerprint density at radius 3 is 1.13 bits per heavy atom. The molecule has 173 valence electrons. The van der Waals surface area contributed by atoms with E-state index >= 15 is 0 Å². The summed E-state index contributed by atoms with van der Waals surface area (Å²) in [7, 11) is -0.382. The van der Waals surface area contributed by atoms with Crippen LogP contribution in [-0.2, 0) is 0 Å². The zero-order valence-corrected chi connectivity index (χ0v) is 21.5. The van der Waals surface area contributed by atoms with Crippen LogP contribution in [-0.4, -0.2) is 4.08 Å². The van der Waals surface area contributed by atoms with Gasteiger partial charge in [-0.2, -0.15) is 21.8 Å². The van der Waals surface area contributed by atoms with Crippen LogP contribution in [0.4, 0.5) is 0 Å². The Morgan fingerprint density at radius 2 is 0.800 bits per heavy atom. The van der Waals surface area contributed by atoms with Crippen molar-refractivity contribution in [2.75, 3.05) is 0 Å². The number of unbranched alkanes of at least 4 members (excludes halogenated alkanes) is 15. The molecular weight excluding hydrogens is 400 g/mol. The van der Waals surface area contributed by atoms with Crippen molar-refractivity contribution in [2.24, 2.45) is 0 Å². The molecule has 0 atom stereocenters. The van der Waals surface area contributed by atoms with E-state index in [4.69, 9.17) is 6.92 Å². The minimum Gasteiger partial charge on any atom is -0.199 e. The van der Waals surface area contributed by atoms with Crippen LogP contribution in [0.1, 0.15) is 116 Å². The van der Waals surface area contributed by atoms with Crippen molar-refractivity contribution in [3.8, 4) is 0 Å². The average Bonchev–Trinajstić information content (AvgIpc) is 3.48. The van der Waals surface area contributed by atoms with Gasteiger partial charge in [-0.25, -0.2) is 0 Å². The van der Waals surface area contributed by atoms with Crippen LogP contribution in [0.15, 0.2) is 45.9 Å². The topological polar surface area (TPSA) is 0 Å². The van der Waals surface area contributed by atoms with Crippen LogP contribution >= 0.6 is 21.8 Å². The van der Waals surface area contributed by atoms with Gasteiger partial charge in [-0.1, -0.05) is 134 Å². The number of hydrogen-bond acceptors (Lipinski definition) is 0. The highest BCUT2D eigenvalue weighted by Gasteiger charge is 2.33. The van der Waals surface area contributed by atoms with Gasteiger partial charge in [0.15, 0.2) is 0 Å². The molecule has 2 rings (SSSR count). The fourth-order valence-corrected chi connectivity index (χ4v) is 9.72. The summed E-state index contributed by atoms with van der Waals surface area (Å²) in [5, 5.41) is 9.71. The first-order valence-electron chi connectivity index (χ1n) is 12.9. The second-order valence-corrected chi connectivity index (χ2v) is 14.1. The van der Waals surface area contributed by atoms with E-state index in [0.717, 1.165) is 0 Å². The lowest BCUT2D eigenvalue weighted by molar-refractivity contribution is 0.527. The van der Waals surface area contributed by atoms with Crippen molar-refractivity contribution < 1.29 is 0 Å². The smallest absolute Gasteiger partial charge is 0.0387 e. The Kier molecular flexibility index (Phi) is 14.1. The normalized spacial score (nSPS) is 17.7. The molecule has 0 aliphatic carbocycles. The molecule has 2 aliphatic rings. The van der Waals surface area contributed by atoms with Crippen molar-refractivity contribution in [3.05, 3.63) is 52.9 Å². The summed E-state index contributed by atoms with van der Waals surface area (Å²) in [4.78, 5) is 0. The number of thiol groups is 2. The van der Waals surface area contributed by atoms with Crippen molar-refractivity contribution in [1.29, 1.82) is 0 Å². The molecular formula is C28H49S2. The molecule has 2 aliphatic heterocycles. The lowest BCUT2D eigenvalue weighted by Gasteiger charge is -2.42. The highest BCUT2D eigenvalue weighted by molar-refractivity contribution is 8.39. The lowest BCUT2D eigenvalue weighted by Crippen LogP contribution is -2.21. The van der Waals surface area contributed by atoms with Gasteiger partial charge in [0.25, 0.3) is 0 Å². The van der Waals surface area contributed by atoms with E-state index in [2.05, 4.69) is 52.9 Å². The van der Waals surface area contributed by atoms with Gasteiger partial charge in [0.2, 0.25) is 0 Å². The molecule has 0 saturated carbocycles. The Labute approximate surface area is 194 Å². The third kappa shape index (κ3) is 9.86. The van der Waals surface area contributed by atoms with Crippen molar-refractivity contribution in [3.63, 3.8) is 0 Å². The minimum atomic E-state index is -0.191. The van der Waals surface area contributed by atoms with Gasteiger partial charge in [-0.15, -0.1) is 0 Å². The summed E-state index contributed by atoms with van der Waals surface area (Å²) in [6.45, 7) is 7.09. The standard InChI is InChI=1S/C28H49S2/c1-3-4-5-6-7-8-9-10-11-12-13-14-15-16-17-18-23-28(2,29-24-19-20-25-29)30-26-21-22-27-30/h19-22,24-27,29-30H,2-18,23H2,1H3. The number of hydrogen-bond donors (Lipinski definition) is 2. The predicted molar refractivity (Wildman–Crippen MR) is 147 cm³/mol. The van der Waals surface area contributed by atoms with E-state index in [1.54, 1.807) is 0 Å². The van der Waals surface area contributed by atoms with Gasteiger partial charge < -0.3 is 0 Å². The third-order valence-electron chi connectivity index (χ3n) is 6.60. The summed E-state index contributed by atoms with van der Waals surface area (Å²) < 4.78 is 0.230. The van der Waals surface area contributed by atoms with E-state index < -0.39 is 0 Å². The van der Waals surface area contributed by atoms with Crippen LogP contribution < -0.4 is 0 Å². The molecule has 2 heterocycles. The van der Waals surface area contributed by atoms with E-state index in [0.29, 0.717) is 0 Å². The molecule has 0 spiro atoms. The van der Waals surface area contributed by atoms with Gasteiger partial charge in [0.05, 0.1) is 0 Å². The first kappa shape index (κ1) is 25.9. The van der Waals surface area contributed by atoms with E-state index in [-0.39, 0.29) is 25.9 Å². The fraction of sp³-hybridized carbons (Fsp3) is 0.679. The maximum atomic E-state index is 4.79. The minimum absolute atomic E-state index is 0.191. The van der Waals surface area contributed by atoms with Crippen LogP contribution in [0.25, 0.3) is 0 Å². The van der Waals surface area contributed by atoms with E-state index in [9.17, 15) is 0 Å². The first-order chi connectivity index (χ1) is 14.8. The molecule has 1 radical (unpaired) electrons. The molecule has 0 amide bonds. The average molecular weight is 450 g/mol. The molecule has 0 aromatic rings. The maximum Gasteiger partial charge on any atom is 0.0387 e. The van der Waals surface area contributed by atoms with E-state index in [1.165, 1.54) is 109 Å². The van der Waals surface area contributed by atoms with Gasteiger partial charge in [0.1, 0.15) is 0 Å². The second-order valence-electron chi connectivity index (χ2n) is 9.22. The van der Waals surface area contributed by atoms with Gasteiger partial charge in [-0.05, 0) is 35.0 Å². The predicted octanol–water partition coefficient (Wildman–Crippen LogP) is 10.3. The van der Waals surface area contributed by atoms with Crippen LogP contribution in [0.2, 0.25) is 0 Å². The molecule has 0 aromatic heterocycles. The Bertz CT molecular complexity index is 491. The molecule has 0 fully saturated rings. The van der Waals surface area contributed by atoms with Crippen LogP contribution in [0.5, 0.6) is 0 Å². The molecule has 0 saturated heterocycles. The fourth-order valence-electron chi connectivity index (χ4n) is 4.57. The van der Waals surface area contributed by atoms with Crippen molar-refractivity contribution in [2.45, 2.75) is 120 Å². The number of allylic oxidation sites excluding steroid dienone is 4. The largest absolute Gasteiger partial charge is 0.199 e. The molecule has 0 N–H and O–H groups in total. The van der Waals surface area contributed by atoms with Gasteiger partial charge >= 0.3 is 0 Å². The Hall–Kier alpha value is -0.340. The summed E-state index contributed by atoms with van der Waals surface area (Å²) in [6, 6.07) is 0. The summed E-state index contributed by atoms with van der Waals surface area (Å²) in [5.41, 5.74) is 0. The molecule has 0 nitrogen and oxygen atoms in total. The second kappa shape index (κ2) is 16.3. The van der Waals surface area contributed by atoms with Gasteiger partial charge in [-0.3, -0.25) is 0 Å². The Morgan fingerprint density at radius 1 is 0.500 bits per heavy atom. The lowest BCUT2D eigenvalue weighted by atomic mass is 10.0. The zero-order chi connectivity index (χ0) is 21.3. The highest BCUT2D eigenvalue weighted by atomic mass is 32.3. The van der Waals surface area contributed by atoms with Gasteiger partial charge in [0, 0.05) is 4.08 Å². The first-order valence-corrected chi connectivity index (χ1v) is 15.9. The number of rotatable bonds is 19. The monoisotopic (exact) mass is 449 g/mol. The third-order valence-corrected chi connectivity index (χ3v) is 12.3. The molecule has 0 aromatic carbocycles. The quantitative estimate of drug-likeness (QED) is 0.142. The molecule has 0 bridgehead atoms. The summed E-state index contributed by atoms with van der Waals surface area (Å²) in [6.07, 6.45) is 33.2. The SMILES string of the molecule is [CH2]C(CCCCCCCCCCCCCCCCCC)([SH]1C=CC=C1)[SH]1C=CC=C1. The zero-order valence-electron chi connectivity index (χ0n) is 19.7. The molecule has 2 heteroatoms. The Balaban J connectivity index is 1.42. The summed E-state index contributed by atoms with van der Waals surface area (Å²) in [5.74, 6) is 0. The van der Waals surface area contributed by atoms with Crippen LogP contribution in [0.3, 0.4) is 0 Å². The van der Waals surface area contributed by atoms with E-state index in [1.807, 2.05) is 0 Å².